The lowest BCUT2D eigenvalue weighted by Gasteiger charge is -2.10. The molecule has 0 unspecified atom stereocenters. The number of H-pyrrole nitrogens is 1. The van der Waals surface area contributed by atoms with Gasteiger partial charge in [0.15, 0.2) is 0 Å². The molecule has 0 bridgehead atoms. The van der Waals surface area contributed by atoms with Crippen molar-refractivity contribution in [3.63, 3.8) is 0 Å². The SMILES string of the molecule is CCc1c(C)nc(-n2nc(C)cc2NC(=O)C(=O)NCCc2ccc(OC)cc2)[nH]c1=O. The Morgan fingerprint density at radius 2 is 1.88 bits per heavy atom. The van der Waals surface area contributed by atoms with E-state index >= 15 is 0 Å². The molecule has 3 N–H and O–H groups in total. The summed E-state index contributed by atoms with van der Waals surface area (Å²) in [7, 11) is 1.59. The Balaban J connectivity index is 1.66. The van der Waals surface area contributed by atoms with Crippen molar-refractivity contribution in [2.45, 2.75) is 33.6 Å². The summed E-state index contributed by atoms with van der Waals surface area (Å²) in [6.07, 6.45) is 1.11. The minimum atomic E-state index is -0.842. The number of hydrogen-bond donors (Lipinski definition) is 3. The molecule has 168 valence electrons. The third kappa shape index (κ3) is 5.20. The van der Waals surface area contributed by atoms with E-state index in [2.05, 4.69) is 25.7 Å². The van der Waals surface area contributed by atoms with E-state index in [1.165, 1.54) is 4.68 Å². The van der Waals surface area contributed by atoms with Gasteiger partial charge in [-0.15, -0.1) is 0 Å². The van der Waals surface area contributed by atoms with Crippen molar-refractivity contribution in [1.82, 2.24) is 25.1 Å². The molecule has 1 aromatic carbocycles. The average molecular weight is 438 g/mol. The summed E-state index contributed by atoms with van der Waals surface area (Å²) in [6, 6.07) is 9.05. The molecule has 2 aromatic heterocycles. The lowest BCUT2D eigenvalue weighted by atomic mass is 10.1. The third-order valence-electron chi connectivity index (χ3n) is 4.90. The van der Waals surface area contributed by atoms with Gasteiger partial charge >= 0.3 is 11.8 Å². The number of benzene rings is 1. The number of aryl methyl sites for hydroxylation is 2. The Morgan fingerprint density at radius 3 is 2.50 bits per heavy atom. The van der Waals surface area contributed by atoms with Crippen molar-refractivity contribution in [3.05, 3.63) is 63.2 Å². The van der Waals surface area contributed by atoms with Crippen molar-refractivity contribution in [3.8, 4) is 11.7 Å². The minimum absolute atomic E-state index is 0.160. The number of carbonyl (C=O) groups is 2. The van der Waals surface area contributed by atoms with Crippen LogP contribution in [0.5, 0.6) is 5.75 Å². The Kier molecular flexibility index (Phi) is 7.04. The number of ether oxygens (including phenoxy) is 1. The molecule has 2 heterocycles. The monoisotopic (exact) mass is 438 g/mol. The van der Waals surface area contributed by atoms with Crippen LogP contribution in [0.3, 0.4) is 0 Å². The van der Waals surface area contributed by atoms with Crippen molar-refractivity contribution in [2.24, 2.45) is 0 Å². The molecule has 3 aromatic rings. The minimum Gasteiger partial charge on any atom is -0.497 e. The van der Waals surface area contributed by atoms with Gasteiger partial charge in [-0.3, -0.25) is 19.4 Å². The fourth-order valence-corrected chi connectivity index (χ4v) is 3.23. The van der Waals surface area contributed by atoms with Crippen LogP contribution in [0.1, 0.15) is 29.4 Å². The van der Waals surface area contributed by atoms with Crippen molar-refractivity contribution < 1.29 is 14.3 Å². The second-order valence-corrected chi connectivity index (χ2v) is 7.20. The molecular formula is C22H26N6O4. The fraction of sp³-hybridized carbons (Fsp3) is 0.318. The first-order valence-electron chi connectivity index (χ1n) is 10.2. The summed E-state index contributed by atoms with van der Waals surface area (Å²) in [6.45, 7) is 5.63. The zero-order valence-corrected chi connectivity index (χ0v) is 18.5. The maximum atomic E-state index is 12.4. The summed E-state index contributed by atoms with van der Waals surface area (Å²) >= 11 is 0. The predicted octanol–water partition coefficient (Wildman–Crippen LogP) is 1.44. The van der Waals surface area contributed by atoms with E-state index in [0.29, 0.717) is 36.3 Å². The van der Waals surface area contributed by atoms with Crippen LogP contribution in [0.2, 0.25) is 0 Å². The molecule has 0 spiro atoms. The molecule has 0 radical (unpaired) electrons. The number of aromatic nitrogens is 4. The molecule has 0 aliphatic rings. The van der Waals surface area contributed by atoms with Crippen LogP contribution in [0.25, 0.3) is 5.95 Å². The molecule has 0 saturated carbocycles. The number of nitrogens with zero attached hydrogens (tertiary/aromatic N) is 3. The van der Waals surface area contributed by atoms with E-state index in [0.717, 1.165) is 11.3 Å². The van der Waals surface area contributed by atoms with E-state index in [4.69, 9.17) is 4.74 Å². The molecule has 0 aliphatic heterocycles. The van der Waals surface area contributed by atoms with Crippen LogP contribution >= 0.6 is 0 Å². The van der Waals surface area contributed by atoms with Crippen molar-refractivity contribution in [1.29, 1.82) is 0 Å². The number of hydrogen-bond acceptors (Lipinski definition) is 6. The average Bonchev–Trinajstić information content (AvgIpc) is 3.13. The van der Waals surface area contributed by atoms with E-state index < -0.39 is 11.8 Å². The van der Waals surface area contributed by atoms with Gasteiger partial charge in [-0.05, 0) is 44.4 Å². The first-order chi connectivity index (χ1) is 15.3. The molecule has 3 rings (SSSR count). The van der Waals surface area contributed by atoms with Gasteiger partial charge < -0.3 is 15.4 Å². The Morgan fingerprint density at radius 1 is 1.16 bits per heavy atom. The Hall–Kier alpha value is -3.95. The number of rotatable bonds is 7. The van der Waals surface area contributed by atoms with Gasteiger partial charge in [-0.2, -0.15) is 9.78 Å². The molecular weight excluding hydrogens is 412 g/mol. The second kappa shape index (κ2) is 9.90. The van der Waals surface area contributed by atoms with Crippen molar-refractivity contribution in [2.75, 3.05) is 19.0 Å². The van der Waals surface area contributed by atoms with Crippen LogP contribution in [0.15, 0.2) is 35.1 Å². The topological polar surface area (TPSA) is 131 Å². The third-order valence-corrected chi connectivity index (χ3v) is 4.90. The molecule has 0 fully saturated rings. The molecule has 0 aliphatic carbocycles. The summed E-state index contributed by atoms with van der Waals surface area (Å²) in [5, 5.41) is 9.40. The zero-order chi connectivity index (χ0) is 23.3. The molecule has 2 amide bonds. The smallest absolute Gasteiger partial charge is 0.314 e. The number of aromatic amines is 1. The largest absolute Gasteiger partial charge is 0.497 e. The van der Waals surface area contributed by atoms with Crippen LogP contribution in [0.4, 0.5) is 5.82 Å². The second-order valence-electron chi connectivity index (χ2n) is 7.20. The summed E-state index contributed by atoms with van der Waals surface area (Å²) in [5.74, 6) is -0.481. The first kappa shape index (κ1) is 22.7. The first-order valence-corrected chi connectivity index (χ1v) is 10.2. The maximum Gasteiger partial charge on any atom is 0.314 e. The number of methoxy groups -OCH3 is 1. The molecule has 10 nitrogen and oxygen atoms in total. The standard InChI is InChI=1S/C22H26N6O4/c1-5-17-14(3)24-22(26-19(17)29)28-18(12-13(2)27-28)25-21(31)20(30)23-11-10-15-6-8-16(32-4)9-7-15/h6-9,12H,5,10-11H2,1-4H3,(H,23,30)(H,25,31)(H,24,26,29). The zero-order valence-electron chi connectivity index (χ0n) is 18.5. The summed E-state index contributed by atoms with van der Waals surface area (Å²) < 4.78 is 6.41. The molecule has 0 saturated heterocycles. The van der Waals surface area contributed by atoms with Crippen LogP contribution in [-0.2, 0) is 22.4 Å². The fourth-order valence-electron chi connectivity index (χ4n) is 3.23. The van der Waals surface area contributed by atoms with Gasteiger partial charge in [0.05, 0.1) is 12.8 Å². The highest BCUT2D eigenvalue weighted by Gasteiger charge is 2.18. The Bertz CT molecular complexity index is 1180. The molecule has 10 heteroatoms. The predicted molar refractivity (Wildman–Crippen MR) is 119 cm³/mol. The van der Waals surface area contributed by atoms with Gasteiger partial charge in [0.25, 0.3) is 5.56 Å². The lowest BCUT2D eigenvalue weighted by Crippen LogP contribution is -2.37. The Labute approximate surface area is 185 Å². The highest BCUT2D eigenvalue weighted by atomic mass is 16.5. The van der Waals surface area contributed by atoms with Crippen LogP contribution in [0, 0.1) is 13.8 Å². The van der Waals surface area contributed by atoms with E-state index in [9.17, 15) is 14.4 Å². The van der Waals surface area contributed by atoms with Gasteiger partial charge in [-0.1, -0.05) is 19.1 Å². The normalized spacial score (nSPS) is 10.6. The molecule has 32 heavy (non-hydrogen) atoms. The molecule has 0 atom stereocenters. The van der Waals surface area contributed by atoms with Gasteiger partial charge in [-0.25, -0.2) is 4.98 Å². The van der Waals surface area contributed by atoms with Gasteiger partial charge in [0.2, 0.25) is 5.95 Å². The van der Waals surface area contributed by atoms with E-state index in [-0.39, 0.29) is 17.3 Å². The lowest BCUT2D eigenvalue weighted by molar-refractivity contribution is -0.136. The van der Waals surface area contributed by atoms with Crippen LogP contribution in [-0.4, -0.2) is 45.2 Å². The van der Waals surface area contributed by atoms with Gasteiger partial charge in [0, 0.05) is 23.9 Å². The van der Waals surface area contributed by atoms with Gasteiger partial charge in [0.1, 0.15) is 11.6 Å². The summed E-state index contributed by atoms with van der Waals surface area (Å²) in [5.41, 5.74) is 2.48. The number of amides is 2. The number of anilines is 1. The van der Waals surface area contributed by atoms with Crippen LogP contribution < -0.4 is 20.9 Å². The summed E-state index contributed by atoms with van der Waals surface area (Å²) in [4.78, 5) is 44.0. The van der Waals surface area contributed by atoms with E-state index in [1.807, 2.05) is 31.2 Å². The number of nitrogens with one attached hydrogen (secondary N) is 3. The van der Waals surface area contributed by atoms with Crippen molar-refractivity contribution >= 4 is 17.6 Å². The highest BCUT2D eigenvalue weighted by Crippen LogP contribution is 2.15. The van der Waals surface area contributed by atoms with E-state index in [1.54, 1.807) is 27.0 Å². The number of carbonyl (C=O) groups excluding carboxylic acids is 2. The highest BCUT2D eigenvalue weighted by molar-refractivity contribution is 6.39. The maximum absolute atomic E-state index is 12.4. The quantitative estimate of drug-likeness (QED) is 0.479.